The number of hydrogen-bond donors (Lipinski definition) is 2. The van der Waals surface area contributed by atoms with Crippen molar-refractivity contribution in [2.75, 3.05) is 19.7 Å². The van der Waals surface area contributed by atoms with E-state index in [-0.39, 0.29) is 6.04 Å². The molecule has 1 aromatic carbocycles. The summed E-state index contributed by atoms with van der Waals surface area (Å²) in [5.74, 6) is 1.36. The quantitative estimate of drug-likeness (QED) is 0.778. The van der Waals surface area contributed by atoms with Gasteiger partial charge in [-0.05, 0) is 24.6 Å². The first-order valence-corrected chi connectivity index (χ1v) is 5.50. The summed E-state index contributed by atoms with van der Waals surface area (Å²) in [5.41, 5.74) is 7.31. The van der Waals surface area contributed by atoms with E-state index in [1.165, 1.54) is 5.56 Å². The second kappa shape index (κ2) is 4.64. The van der Waals surface area contributed by atoms with Gasteiger partial charge in [-0.3, -0.25) is 0 Å². The third-order valence-electron chi connectivity index (χ3n) is 2.86. The number of benzene rings is 1. The lowest BCUT2D eigenvalue weighted by Gasteiger charge is -2.15. The number of rotatable bonds is 3. The number of nitrogens with one attached hydrogen (secondary N) is 1. The first-order valence-electron chi connectivity index (χ1n) is 5.50. The van der Waals surface area contributed by atoms with Gasteiger partial charge in [-0.25, -0.2) is 0 Å². The van der Waals surface area contributed by atoms with Crippen LogP contribution in [0.25, 0.3) is 0 Å². The fourth-order valence-electron chi connectivity index (χ4n) is 2.07. The molecule has 0 radical (unpaired) electrons. The van der Waals surface area contributed by atoms with Crippen molar-refractivity contribution < 1.29 is 4.74 Å². The predicted octanol–water partition coefficient (Wildman–Crippen LogP) is 1.10. The molecule has 2 atom stereocenters. The maximum absolute atomic E-state index is 6.03. The Balaban J connectivity index is 2.16. The van der Waals surface area contributed by atoms with Crippen molar-refractivity contribution in [3.05, 3.63) is 29.8 Å². The Bertz CT molecular complexity index is 327. The van der Waals surface area contributed by atoms with Crippen LogP contribution in [0.4, 0.5) is 0 Å². The molecule has 1 aliphatic rings. The normalized spacial score (nSPS) is 25.5. The summed E-state index contributed by atoms with van der Waals surface area (Å²) in [6, 6.07) is 8.47. The molecule has 0 saturated carbocycles. The molecule has 1 saturated heterocycles. The lowest BCUT2D eigenvalue weighted by Crippen LogP contribution is -2.27. The van der Waals surface area contributed by atoms with Crippen molar-refractivity contribution in [1.29, 1.82) is 0 Å². The van der Waals surface area contributed by atoms with E-state index in [0.717, 1.165) is 18.8 Å². The van der Waals surface area contributed by atoms with E-state index < -0.39 is 0 Å². The topological polar surface area (TPSA) is 47.3 Å². The highest BCUT2D eigenvalue weighted by Gasteiger charge is 2.25. The molecule has 0 amide bonds. The third-order valence-corrected chi connectivity index (χ3v) is 2.86. The van der Waals surface area contributed by atoms with Gasteiger partial charge in [-0.1, -0.05) is 12.1 Å². The summed E-state index contributed by atoms with van der Waals surface area (Å²) in [6.07, 6.45) is 0. The molecule has 2 rings (SSSR count). The highest BCUT2D eigenvalue weighted by atomic mass is 16.5. The van der Waals surface area contributed by atoms with Gasteiger partial charge in [0.15, 0.2) is 0 Å². The monoisotopic (exact) mass is 206 g/mol. The lowest BCUT2D eigenvalue weighted by atomic mass is 9.95. The van der Waals surface area contributed by atoms with Gasteiger partial charge in [0.05, 0.1) is 6.61 Å². The minimum Gasteiger partial charge on any atom is -0.494 e. The predicted molar refractivity (Wildman–Crippen MR) is 61.2 cm³/mol. The van der Waals surface area contributed by atoms with Crippen molar-refractivity contribution in [3.8, 4) is 5.75 Å². The van der Waals surface area contributed by atoms with Gasteiger partial charge in [0.1, 0.15) is 5.75 Å². The zero-order chi connectivity index (χ0) is 10.7. The molecular weight excluding hydrogens is 188 g/mol. The number of nitrogens with two attached hydrogens (primary N) is 1. The van der Waals surface area contributed by atoms with Crippen molar-refractivity contribution in [3.63, 3.8) is 0 Å². The van der Waals surface area contributed by atoms with Crippen LogP contribution >= 0.6 is 0 Å². The van der Waals surface area contributed by atoms with E-state index >= 15 is 0 Å². The Hall–Kier alpha value is -1.06. The Kier molecular flexibility index (Phi) is 3.23. The fourth-order valence-corrected chi connectivity index (χ4v) is 2.07. The zero-order valence-electron chi connectivity index (χ0n) is 9.07. The Morgan fingerprint density at radius 2 is 2.33 bits per heavy atom. The maximum Gasteiger partial charge on any atom is 0.119 e. The summed E-state index contributed by atoms with van der Waals surface area (Å²) < 4.78 is 5.48. The average Bonchev–Trinajstić information content (AvgIpc) is 2.65. The largest absolute Gasteiger partial charge is 0.494 e. The fraction of sp³-hybridized carbons (Fsp3) is 0.500. The molecule has 0 spiro atoms. The molecule has 0 aromatic heterocycles. The third kappa shape index (κ3) is 2.30. The van der Waals surface area contributed by atoms with Crippen LogP contribution in [0.3, 0.4) is 0 Å². The first-order chi connectivity index (χ1) is 7.31. The highest BCUT2D eigenvalue weighted by Crippen LogP contribution is 2.24. The smallest absolute Gasteiger partial charge is 0.119 e. The SMILES string of the molecule is CCOc1cccc(C2CNCC2N)c1. The van der Waals surface area contributed by atoms with Gasteiger partial charge >= 0.3 is 0 Å². The maximum atomic E-state index is 6.03. The molecule has 3 heteroatoms. The molecule has 1 heterocycles. The second-order valence-corrected chi connectivity index (χ2v) is 3.93. The molecule has 3 nitrogen and oxygen atoms in total. The molecule has 15 heavy (non-hydrogen) atoms. The minimum absolute atomic E-state index is 0.224. The molecule has 1 fully saturated rings. The van der Waals surface area contributed by atoms with Crippen LogP contribution in [0.2, 0.25) is 0 Å². The average molecular weight is 206 g/mol. The molecule has 2 unspecified atom stereocenters. The standard InChI is InChI=1S/C12H18N2O/c1-2-15-10-5-3-4-9(6-10)11-7-14-8-12(11)13/h3-6,11-12,14H,2,7-8,13H2,1H3. The summed E-state index contributed by atoms with van der Waals surface area (Å²) >= 11 is 0. The summed E-state index contributed by atoms with van der Waals surface area (Å²) in [6.45, 7) is 4.58. The molecule has 1 aliphatic heterocycles. The Morgan fingerprint density at radius 3 is 3.00 bits per heavy atom. The van der Waals surface area contributed by atoms with E-state index in [1.54, 1.807) is 0 Å². The van der Waals surface area contributed by atoms with E-state index in [1.807, 2.05) is 19.1 Å². The van der Waals surface area contributed by atoms with E-state index in [2.05, 4.69) is 17.4 Å². The molecular formula is C12H18N2O. The van der Waals surface area contributed by atoms with E-state index in [4.69, 9.17) is 10.5 Å². The van der Waals surface area contributed by atoms with Gasteiger partial charge in [-0.2, -0.15) is 0 Å². The zero-order valence-corrected chi connectivity index (χ0v) is 9.07. The number of ether oxygens (including phenoxy) is 1. The Morgan fingerprint density at radius 1 is 1.47 bits per heavy atom. The highest BCUT2D eigenvalue weighted by molar-refractivity contribution is 5.32. The van der Waals surface area contributed by atoms with E-state index in [9.17, 15) is 0 Å². The molecule has 3 N–H and O–H groups in total. The van der Waals surface area contributed by atoms with Gasteiger partial charge in [-0.15, -0.1) is 0 Å². The van der Waals surface area contributed by atoms with Crippen LogP contribution in [-0.4, -0.2) is 25.7 Å². The van der Waals surface area contributed by atoms with E-state index in [0.29, 0.717) is 12.5 Å². The molecule has 0 aliphatic carbocycles. The van der Waals surface area contributed by atoms with Crippen LogP contribution in [0.15, 0.2) is 24.3 Å². The lowest BCUT2D eigenvalue weighted by molar-refractivity contribution is 0.339. The molecule has 82 valence electrons. The second-order valence-electron chi connectivity index (χ2n) is 3.93. The van der Waals surface area contributed by atoms with Gasteiger partial charge in [0.2, 0.25) is 0 Å². The minimum atomic E-state index is 0.224. The molecule has 0 bridgehead atoms. The van der Waals surface area contributed by atoms with Gasteiger partial charge in [0, 0.05) is 25.0 Å². The van der Waals surface area contributed by atoms with Crippen LogP contribution < -0.4 is 15.8 Å². The van der Waals surface area contributed by atoms with Crippen LogP contribution in [-0.2, 0) is 0 Å². The van der Waals surface area contributed by atoms with Crippen LogP contribution in [0.5, 0.6) is 5.75 Å². The van der Waals surface area contributed by atoms with Crippen molar-refractivity contribution in [2.24, 2.45) is 5.73 Å². The number of hydrogen-bond acceptors (Lipinski definition) is 3. The summed E-state index contributed by atoms with van der Waals surface area (Å²) in [5, 5.41) is 3.31. The van der Waals surface area contributed by atoms with Crippen molar-refractivity contribution >= 4 is 0 Å². The van der Waals surface area contributed by atoms with Crippen molar-refractivity contribution in [1.82, 2.24) is 5.32 Å². The van der Waals surface area contributed by atoms with Gasteiger partial charge in [0.25, 0.3) is 0 Å². The molecule has 1 aromatic rings. The van der Waals surface area contributed by atoms with Gasteiger partial charge < -0.3 is 15.8 Å². The summed E-state index contributed by atoms with van der Waals surface area (Å²) in [4.78, 5) is 0. The van der Waals surface area contributed by atoms with Crippen LogP contribution in [0.1, 0.15) is 18.4 Å². The first kappa shape index (κ1) is 10.5. The Labute approximate surface area is 90.6 Å². The van der Waals surface area contributed by atoms with Crippen molar-refractivity contribution in [2.45, 2.75) is 18.9 Å². The summed E-state index contributed by atoms with van der Waals surface area (Å²) in [7, 11) is 0. The van der Waals surface area contributed by atoms with Crippen LogP contribution in [0, 0.1) is 0 Å².